The van der Waals surface area contributed by atoms with Crippen molar-refractivity contribution in [3.05, 3.63) is 46.5 Å². The summed E-state index contributed by atoms with van der Waals surface area (Å²) in [6.07, 6.45) is 3.70. The highest BCUT2D eigenvalue weighted by atomic mass is 16.4. The molecule has 0 fully saturated rings. The zero-order valence-corrected chi connectivity index (χ0v) is 12.1. The first-order valence-corrected chi connectivity index (χ1v) is 7.07. The summed E-state index contributed by atoms with van der Waals surface area (Å²) in [5.41, 5.74) is 3.46. The average Bonchev–Trinajstić information content (AvgIpc) is 2.88. The van der Waals surface area contributed by atoms with Gasteiger partial charge in [0, 0.05) is 24.4 Å². The topological polar surface area (TPSA) is 108 Å². The van der Waals surface area contributed by atoms with Gasteiger partial charge in [-0.25, -0.2) is 4.79 Å². The standard InChI is InChI=1S/C15H16N4O3/c1-8-11-3-2-10(7-12(11)19-18-8)17-14(20)13-6-9(15(21)22)4-5-16-13/h4-6,10H,2-3,7H2,1H3,(H,17,20)(H,18,19)(H,21,22). The van der Waals surface area contributed by atoms with Gasteiger partial charge < -0.3 is 10.4 Å². The van der Waals surface area contributed by atoms with E-state index in [9.17, 15) is 9.59 Å². The Bertz CT molecular complexity index is 738. The molecule has 0 bridgehead atoms. The molecule has 0 aromatic carbocycles. The smallest absolute Gasteiger partial charge is 0.335 e. The molecule has 114 valence electrons. The molecule has 1 unspecified atom stereocenters. The number of nitrogens with one attached hydrogen (secondary N) is 2. The van der Waals surface area contributed by atoms with Gasteiger partial charge in [-0.1, -0.05) is 0 Å². The van der Waals surface area contributed by atoms with Gasteiger partial charge in [-0.15, -0.1) is 0 Å². The minimum atomic E-state index is -1.08. The van der Waals surface area contributed by atoms with E-state index in [1.165, 1.54) is 23.9 Å². The first-order valence-electron chi connectivity index (χ1n) is 7.07. The monoisotopic (exact) mass is 300 g/mol. The number of aromatic amines is 1. The second kappa shape index (κ2) is 5.59. The van der Waals surface area contributed by atoms with E-state index >= 15 is 0 Å². The third kappa shape index (κ3) is 2.69. The number of rotatable bonds is 3. The minimum Gasteiger partial charge on any atom is -0.478 e. The van der Waals surface area contributed by atoms with Crippen LogP contribution in [0.2, 0.25) is 0 Å². The van der Waals surface area contributed by atoms with Crippen molar-refractivity contribution in [1.29, 1.82) is 0 Å². The maximum atomic E-state index is 12.2. The number of H-pyrrole nitrogens is 1. The van der Waals surface area contributed by atoms with Crippen LogP contribution in [-0.4, -0.2) is 38.2 Å². The zero-order valence-electron chi connectivity index (χ0n) is 12.1. The normalized spacial score (nSPS) is 16.9. The Balaban J connectivity index is 1.70. The summed E-state index contributed by atoms with van der Waals surface area (Å²) in [5.74, 6) is -1.44. The third-order valence-electron chi connectivity index (χ3n) is 3.92. The van der Waals surface area contributed by atoms with Gasteiger partial charge >= 0.3 is 5.97 Å². The Morgan fingerprint density at radius 3 is 3.05 bits per heavy atom. The molecule has 0 saturated carbocycles. The Morgan fingerprint density at radius 2 is 2.27 bits per heavy atom. The van der Waals surface area contributed by atoms with Crippen LogP contribution in [0, 0.1) is 6.92 Å². The van der Waals surface area contributed by atoms with Crippen molar-refractivity contribution in [2.45, 2.75) is 32.2 Å². The van der Waals surface area contributed by atoms with Crippen LogP contribution < -0.4 is 5.32 Å². The van der Waals surface area contributed by atoms with Gasteiger partial charge in [0.15, 0.2) is 0 Å². The summed E-state index contributed by atoms with van der Waals surface area (Å²) < 4.78 is 0. The minimum absolute atomic E-state index is 0.0158. The van der Waals surface area contributed by atoms with Crippen molar-refractivity contribution in [3.63, 3.8) is 0 Å². The predicted molar refractivity (Wildman–Crippen MR) is 77.8 cm³/mol. The molecule has 1 atom stereocenters. The number of aromatic carboxylic acids is 1. The lowest BCUT2D eigenvalue weighted by atomic mass is 9.92. The highest BCUT2D eigenvalue weighted by Gasteiger charge is 2.24. The summed E-state index contributed by atoms with van der Waals surface area (Å²) >= 11 is 0. The number of aryl methyl sites for hydroxylation is 1. The summed E-state index contributed by atoms with van der Waals surface area (Å²) in [5, 5.41) is 19.1. The van der Waals surface area contributed by atoms with Crippen molar-refractivity contribution < 1.29 is 14.7 Å². The lowest BCUT2D eigenvalue weighted by Crippen LogP contribution is -2.39. The average molecular weight is 300 g/mol. The molecule has 7 heteroatoms. The fraction of sp³-hybridized carbons (Fsp3) is 0.333. The first-order chi connectivity index (χ1) is 10.5. The largest absolute Gasteiger partial charge is 0.478 e. The number of carbonyl (C=O) groups excluding carboxylic acids is 1. The van der Waals surface area contributed by atoms with Crippen LogP contribution in [-0.2, 0) is 12.8 Å². The van der Waals surface area contributed by atoms with E-state index in [-0.39, 0.29) is 23.2 Å². The number of carbonyl (C=O) groups is 2. The molecule has 2 aromatic heterocycles. The lowest BCUT2D eigenvalue weighted by Gasteiger charge is -2.22. The number of fused-ring (bicyclic) bond motifs is 1. The lowest BCUT2D eigenvalue weighted by molar-refractivity contribution is 0.0696. The van der Waals surface area contributed by atoms with E-state index in [0.29, 0.717) is 6.42 Å². The summed E-state index contributed by atoms with van der Waals surface area (Å²) in [4.78, 5) is 27.1. The summed E-state index contributed by atoms with van der Waals surface area (Å²) in [6.45, 7) is 1.99. The molecule has 0 spiro atoms. The first kappa shape index (κ1) is 14.2. The van der Waals surface area contributed by atoms with Crippen LogP contribution >= 0.6 is 0 Å². The second-order valence-electron chi connectivity index (χ2n) is 5.42. The Hall–Kier alpha value is -2.70. The van der Waals surface area contributed by atoms with E-state index in [1.54, 1.807) is 0 Å². The summed E-state index contributed by atoms with van der Waals surface area (Å²) in [6, 6.07) is 2.63. The van der Waals surface area contributed by atoms with Crippen molar-refractivity contribution in [1.82, 2.24) is 20.5 Å². The number of hydrogen-bond acceptors (Lipinski definition) is 4. The second-order valence-corrected chi connectivity index (χ2v) is 5.42. The number of hydrogen-bond donors (Lipinski definition) is 3. The quantitative estimate of drug-likeness (QED) is 0.786. The van der Waals surface area contributed by atoms with E-state index in [1.807, 2.05) is 6.92 Å². The number of carboxylic acids is 1. The maximum Gasteiger partial charge on any atom is 0.335 e. The van der Waals surface area contributed by atoms with Gasteiger partial charge in [-0.3, -0.25) is 14.9 Å². The SMILES string of the molecule is Cc1[nH]nc2c1CCC(NC(=O)c1cc(C(=O)O)ccn1)C2. The zero-order chi connectivity index (χ0) is 15.7. The molecule has 1 aliphatic rings. The van der Waals surface area contributed by atoms with Crippen molar-refractivity contribution in [2.75, 3.05) is 0 Å². The Labute approximate surface area is 126 Å². The fourth-order valence-corrected chi connectivity index (χ4v) is 2.73. The number of amides is 1. The molecular formula is C15H16N4O3. The molecular weight excluding hydrogens is 284 g/mol. The molecule has 3 rings (SSSR count). The molecule has 1 aliphatic carbocycles. The van der Waals surface area contributed by atoms with Gasteiger partial charge in [0.2, 0.25) is 0 Å². The highest BCUT2D eigenvalue weighted by molar-refractivity contribution is 5.95. The van der Waals surface area contributed by atoms with Crippen LogP contribution in [0.15, 0.2) is 18.3 Å². The fourth-order valence-electron chi connectivity index (χ4n) is 2.73. The third-order valence-corrected chi connectivity index (χ3v) is 3.92. The molecule has 22 heavy (non-hydrogen) atoms. The molecule has 3 N–H and O–H groups in total. The molecule has 2 heterocycles. The maximum absolute atomic E-state index is 12.2. The summed E-state index contributed by atoms with van der Waals surface area (Å²) in [7, 11) is 0. The molecule has 0 aliphatic heterocycles. The molecule has 2 aromatic rings. The molecule has 1 amide bonds. The van der Waals surface area contributed by atoms with E-state index in [4.69, 9.17) is 5.11 Å². The number of pyridine rings is 1. The Morgan fingerprint density at radius 1 is 1.45 bits per heavy atom. The highest BCUT2D eigenvalue weighted by Crippen LogP contribution is 2.22. The van der Waals surface area contributed by atoms with Crippen molar-refractivity contribution >= 4 is 11.9 Å². The van der Waals surface area contributed by atoms with Gasteiger partial charge in [0.1, 0.15) is 5.69 Å². The Kier molecular flexibility index (Phi) is 3.62. The van der Waals surface area contributed by atoms with Crippen LogP contribution in [0.1, 0.15) is 44.2 Å². The van der Waals surface area contributed by atoms with Crippen LogP contribution in [0.4, 0.5) is 0 Å². The number of nitrogens with zero attached hydrogens (tertiary/aromatic N) is 2. The van der Waals surface area contributed by atoms with E-state index < -0.39 is 5.97 Å². The van der Waals surface area contributed by atoms with Crippen LogP contribution in [0.25, 0.3) is 0 Å². The van der Waals surface area contributed by atoms with E-state index in [0.717, 1.165) is 24.2 Å². The van der Waals surface area contributed by atoms with Gasteiger partial charge in [-0.05, 0) is 37.5 Å². The van der Waals surface area contributed by atoms with Crippen molar-refractivity contribution in [3.8, 4) is 0 Å². The molecule has 0 saturated heterocycles. The molecule has 0 radical (unpaired) electrons. The molecule has 7 nitrogen and oxygen atoms in total. The predicted octanol–water partition coefficient (Wildman–Crippen LogP) is 1.10. The van der Waals surface area contributed by atoms with E-state index in [2.05, 4.69) is 20.5 Å². The number of aromatic nitrogens is 3. The van der Waals surface area contributed by atoms with Crippen LogP contribution in [0.3, 0.4) is 0 Å². The van der Waals surface area contributed by atoms with Gasteiger partial charge in [0.25, 0.3) is 5.91 Å². The van der Waals surface area contributed by atoms with Gasteiger partial charge in [-0.2, -0.15) is 5.10 Å². The van der Waals surface area contributed by atoms with Gasteiger partial charge in [0.05, 0.1) is 11.3 Å². The number of carboxylic acid groups (broad SMARTS) is 1. The van der Waals surface area contributed by atoms with Crippen LogP contribution in [0.5, 0.6) is 0 Å². The van der Waals surface area contributed by atoms with Crippen molar-refractivity contribution in [2.24, 2.45) is 0 Å².